The van der Waals surface area contributed by atoms with Gasteiger partial charge >= 0.3 is 0 Å². The number of aryl methyl sites for hydroxylation is 2. The van der Waals surface area contributed by atoms with E-state index in [-0.39, 0.29) is 0 Å². The van der Waals surface area contributed by atoms with Crippen LogP contribution in [0.1, 0.15) is 12.1 Å². The summed E-state index contributed by atoms with van der Waals surface area (Å²) in [4.78, 5) is 0. The number of hydrogen-bond acceptors (Lipinski definition) is 3. The van der Waals surface area contributed by atoms with E-state index in [9.17, 15) is 0 Å². The predicted molar refractivity (Wildman–Crippen MR) is 46.6 cm³/mol. The zero-order chi connectivity index (χ0) is 8.55. The third-order valence-electron chi connectivity index (χ3n) is 2.15. The summed E-state index contributed by atoms with van der Waals surface area (Å²) in [7, 11) is 3.58. The highest BCUT2D eigenvalue weighted by atomic mass is 16.5. The standard InChI is InChI=1S/C8H13N3O/c1-11-8(12-2)7-6(10-11)4-3-5-9-7/h9H,3-5H2,1-2H3. The molecule has 0 amide bonds. The lowest BCUT2D eigenvalue weighted by Crippen LogP contribution is -2.10. The Morgan fingerprint density at radius 1 is 1.58 bits per heavy atom. The van der Waals surface area contributed by atoms with Gasteiger partial charge in [0.05, 0.1) is 12.8 Å². The number of nitrogens with one attached hydrogen (secondary N) is 1. The smallest absolute Gasteiger partial charge is 0.235 e. The van der Waals surface area contributed by atoms with Crippen LogP contribution >= 0.6 is 0 Å². The lowest BCUT2D eigenvalue weighted by atomic mass is 10.1. The molecule has 2 rings (SSSR count). The number of aromatic nitrogens is 2. The summed E-state index contributed by atoms with van der Waals surface area (Å²) in [5, 5.41) is 7.65. The summed E-state index contributed by atoms with van der Waals surface area (Å²) in [5.74, 6) is 0.838. The molecule has 4 nitrogen and oxygen atoms in total. The van der Waals surface area contributed by atoms with Crippen molar-refractivity contribution in [1.82, 2.24) is 9.78 Å². The molecule has 1 aliphatic rings. The van der Waals surface area contributed by atoms with Crippen LogP contribution in [0.2, 0.25) is 0 Å². The Morgan fingerprint density at radius 3 is 3.17 bits per heavy atom. The van der Waals surface area contributed by atoms with E-state index < -0.39 is 0 Å². The quantitative estimate of drug-likeness (QED) is 0.672. The fourth-order valence-corrected chi connectivity index (χ4v) is 1.62. The van der Waals surface area contributed by atoms with Crippen LogP contribution in [0, 0.1) is 0 Å². The molecule has 0 aromatic carbocycles. The van der Waals surface area contributed by atoms with Crippen molar-refractivity contribution in [3.8, 4) is 5.88 Å². The summed E-state index contributed by atoms with van der Waals surface area (Å²) in [6.07, 6.45) is 2.21. The fraction of sp³-hybridized carbons (Fsp3) is 0.625. The first-order valence-corrected chi connectivity index (χ1v) is 4.16. The number of ether oxygens (including phenoxy) is 1. The second-order valence-corrected chi connectivity index (χ2v) is 2.98. The van der Waals surface area contributed by atoms with Crippen LogP contribution in [0.25, 0.3) is 0 Å². The van der Waals surface area contributed by atoms with Gasteiger partial charge in [-0.25, -0.2) is 4.68 Å². The van der Waals surface area contributed by atoms with Crippen LogP contribution in [0.5, 0.6) is 5.88 Å². The van der Waals surface area contributed by atoms with E-state index >= 15 is 0 Å². The summed E-state index contributed by atoms with van der Waals surface area (Å²) in [5.41, 5.74) is 2.20. The van der Waals surface area contributed by atoms with Gasteiger partial charge in [0.15, 0.2) is 0 Å². The highest BCUT2D eigenvalue weighted by molar-refractivity contribution is 5.58. The number of methoxy groups -OCH3 is 1. The minimum Gasteiger partial charge on any atom is -0.480 e. The number of anilines is 1. The molecule has 0 unspecified atom stereocenters. The van der Waals surface area contributed by atoms with Crippen molar-refractivity contribution >= 4 is 5.69 Å². The second kappa shape index (κ2) is 2.69. The lowest BCUT2D eigenvalue weighted by Gasteiger charge is -2.12. The first kappa shape index (κ1) is 7.46. The molecule has 0 aliphatic carbocycles. The largest absolute Gasteiger partial charge is 0.480 e. The van der Waals surface area contributed by atoms with Gasteiger partial charge in [-0.1, -0.05) is 0 Å². The van der Waals surface area contributed by atoms with Crippen molar-refractivity contribution in [2.45, 2.75) is 12.8 Å². The number of hydrogen-bond donors (Lipinski definition) is 1. The van der Waals surface area contributed by atoms with Crippen molar-refractivity contribution in [2.24, 2.45) is 7.05 Å². The van der Waals surface area contributed by atoms with Gasteiger partial charge in [0.2, 0.25) is 5.88 Å². The Labute approximate surface area is 71.5 Å². The zero-order valence-corrected chi connectivity index (χ0v) is 7.42. The molecule has 0 radical (unpaired) electrons. The van der Waals surface area contributed by atoms with Gasteiger partial charge in [-0.05, 0) is 12.8 Å². The summed E-state index contributed by atoms with van der Waals surface area (Å²) in [6, 6.07) is 0. The molecule has 0 spiro atoms. The van der Waals surface area contributed by atoms with E-state index in [2.05, 4.69) is 10.4 Å². The van der Waals surface area contributed by atoms with Crippen LogP contribution in [0.3, 0.4) is 0 Å². The van der Waals surface area contributed by atoms with Gasteiger partial charge in [-0.2, -0.15) is 5.10 Å². The first-order valence-electron chi connectivity index (χ1n) is 4.16. The third-order valence-corrected chi connectivity index (χ3v) is 2.15. The van der Waals surface area contributed by atoms with E-state index in [0.29, 0.717) is 0 Å². The minimum absolute atomic E-state index is 0.838. The molecule has 12 heavy (non-hydrogen) atoms. The molecule has 0 saturated carbocycles. The molecule has 1 aromatic rings. The fourth-order valence-electron chi connectivity index (χ4n) is 1.62. The van der Waals surface area contributed by atoms with Crippen molar-refractivity contribution in [2.75, 3.05) is 19.0 Å². The van der Waals surface area contributed by atoms with Crippen LogP contribution < -0.4 is 10.1 Å². The Morgan fingerprint density at radius 2 is 2.42 bits per heavy atom. The maximum Gasteiger partial charge on any atom is 0.235 e. The molecule has 1 N–H and O–H groups in total. The molecule has 0 bridgehead atoms. The van der Waals surface area contributed by atoms with Gasteiger partial charge in [0.25, 0.3) is 0 Å². The molecule has 1 aliphatic heterocycles. The molecular formula is C8H13N3O. The van der Waals surface area contributed by atoms with Crippen molar-refractivity contribution < 1.29 is 4.74 Å². The van der Waals surface area contributed by atoms with E-state index in [0.717, 1.165) is 36.6 Å². The van der Waals surface area contributed by atoms with Crippen LogP contribution in [-0.4, -0.2) is 23.4 Å². The van der Waals surface area contributed by atoms with E-state index in [1.807, 2.05) is 7.05 Å². The van der Waals surface area contributed by atoms with Gasteiger partial charge in [0.1, 0.15) is 5.69 Å². The topological polar surface area (TPSA) is 39.1 Å². The first-order chi connectivity index (χ1) is 5.83. The van der Waals surface area contributed by atoms with Crippen LogP contribution in [0.4, 0.5) is 5.69 Å². The molecule has 2 heterocycles. The lowest BCUT2D eigenvalue weighted by molar-refractivity contribution is 0.375. The van der Waals surface area contributed by atoms with Gasteiger partial charge in [-0.3, -0.25) is 0 Å². The number of rotatable bonds is 1. The molecule has 0 saturated heterocycles. The maximum atomic E-state index is 5.22. The van der Waals surface area contributed by atoms with E-state index in [1.165, 1.54) is 0 Å². The normalized spacial score (nSPS) is 15.2. The zero-order valence-electron chi connectivity index (χ0n) is 7.42. The molecule has 0 atom stereocenters. The Bertz CT molecular complexity index is 293. The molecule has 0 fully saturated rings. The highest BCUT2D eigenvalue weighted by Crippen LogP contribution is 2.30. The van der Waals surface area contributed by atoms with Crippen molar-refractivity contribution in [3.05, 3.63) is 5.69 Å². The molecule has 1 aromatic heterocycles. The van der Waals surface area contributed by atoms with Gasteiger partial charge < -0.3 is 10.1 Å². The Balaban J connectivity index is 2.46. The second-order valence-electron chi connectivity index (χ2n) is 2.98. The Hall–Kier alpha value is -1.19. The molecule has 66 valence electrons. The number of fused-ring (bicyclic) bond motifs is 1. The predicted octanol–water partition coefficient (Wildman–Crippen LogP) is 0.787. The van der Waals surface area contributed by atoms with E-state index in [1.54, 1.807) is 11.8 Å². The van der Waals surface area contributed by atoms with Crippen LogP contribution in [0.15, 0.2) is 0 Å². The van der Waals surface area contributed by atoms with Crippen LogP contribution in [-0.2, 0) is 13.5 Å². The van der Waals surface area contributed by atoms with Gasteiger partial charge in [-0.15, -0.1) is 0 Å². The minimum atomic E-state index is 0.838. The maximum absolute atomic E-state index is 5.22. The van der Waals surface area contributed by atoms with Crippen molar-refractivity contribution in [1.29, 1.82) is 0 Å². The average molecular weight is 167 g/mol. The third kappa shape index (κ3) is 0.948. The monoisotopic (exact) mass is 167 g/mol. The summed E-state index contributed by atoms with van der Waals surface area (Å²) < 4.78 is 7.00. The Kier molecular flexibility index (Phi) is 1.67. The SMILES string of the molecule is COc1c2c(nn1C)CCCN2. The molecule has 4 heteroatoms. The summed E-state index contributed by atoms with van der Waals surface area (Å²) in [6.45, 7) is 1.02. The average Bonchev–Trinajstić information content (AvgIpc) is 2.40. The molecular weight excluding hydrogens is 154 g/mol. The van der Waals surface area contributed by atoms with Crippen molar-refractivity contribution in [3.63, 3.8) is 0 Å². The van der Waals surface area contributed by atoms with E-state index in [4.69, 9.17) is 4.74 Å². The number of nitrogens with zero attached hydrogens (tertiary/aromatic N) is 2. The van der Waals surface area contributed by atoms with Gasteiger partial charge in [0, 0.05) is 13.6 Å². The summed E-state index contributed by atoms with van der Waals surface area (Å²) >= 11 is 0. The highest BCUT2D eigenvalue weighted by Gasteiger charge is 2.18.